The van der Waals surface area contributed by atoms with Gasteiger partial charge in [-0.3, -0.25) is 4.79 Å². The zero-order valence-electron chi connectivity index (χ0n) is 23.6. The van der Waals surface area contributed by atoms with E-state index in [1.54, 1.807) is 6.07 Å². The minimum absolute atomic E-state index is 0.119. The fourth-order valence-corrected chi connectivity index (χ4v) is 5.50. The van der Waals surface area contributed by atoms with E-state index in [0.717, 1.165) is 65.4 Å². The first-order chi connectivity index (χ1) is 18.8. The van der Waals surface area contributed by atoms with Gasteiger partial charge in [0.05, 0.1) is 25.3 Å². The molecule has 0 aliphatic carbocycles. The summed E-state index contributed by atoms with van der Waals surface area (Å²) in [6, 6.07) is 24.3. The molecule has 6 nitrogen and oxygen atoms in total. The molecule has 4 rings (SSSR count). The van der Waals surface area contributed by atoms with E-state index in [4.69, 9.17) is 21.2 Å². The third-order valence-electron chi connectivity index (χ3n) is 7.65. The van der Waals surface area contributed by atoms with Crippen LogP contribution in [0.2, 0.25) is 0 Å². The largest absolute Gasteiger partial charge is 0.471 e. The van der Waals surface area contributed by atoms with Gasteiger partial charge in [-0.15, -0.1) is 0 Å². The van der Waals surface area contributed by atoms with E-state index in [2.05, 4.69) is 52.2 Å². The lowest BCUT2D eigenvalue weighted by Gasteiger charge is -2.39. The Kier molecular flexibility index (Phi) is 8.87. The molecule has 204 valence electrons. The second kappa shape index (κ2) is 12.3. The van der Waals surface area contributed by atoms with Crippen LogP contribution in [0.3, 0.4) is 0 Å². The highest BCUT2D eigenvalue weighted by atomic mass is 16.5. The van der Waals surface area contributed by atoms with Crippen molar-refractivity contribution < 1.29 is 14.0 Å². The second-order valence-electron chi connectivity index (χ2n) is 10.7. The summed E-state index contributed by atoms with van der Waals surface area (Å²) in [5.74, 6) is 0.180. The normalized spacial score (nSPS) is 12.4. The van der Waals surface area contributed by atoms with Gasteiger partial charge in [0.15, 0.2) is 0 Å². The minimum Gasteiger partial charge on any atom is -0.471 e. The number of quaternary nitrogens is 1. The van der Waals surface area contributed by atoms with Crippen molar-refractivity contribution in [3.05, 3.63) is 89.6 Å². The highest BCUT2D eigenvalue weighted by Crippen LogP contribution is 2.40. The molecule has 0 aliphatic rings. The first kappa shape index (κ1) is 28.1. The summed E-state index contributed by atoms with van der Waals surface area (Å²) in [4.78, 5) is 17.0. The number of fused-ring (bicyclic) bond motifs is 1. The number of benzene rings is 3. The lowest BCUT2D eigenvalue weighted by molar-refractivity contribution is -0.921. The third kappa shape index (κ3) is 6.23. The van der Waals surface area contributed by atoms with Crippen LogP contribution in [0.15, 0.2) is 72.8 Å². The van der Waals surface area contributed by atoms with E-state index in [1.165, 1.54) is 0 Å². The zero-order chi connectivity index (χ0) is 28.0. The van der Waals surface area contributed by atoms with E-state index in [1.807, 2.05) is 42.5 Å². The molecule has 0 unspecified atom stereocenters. The quantitative estimate of drug-likeness (QED) is 0.162. The molecule has 0 fully saturated rings. The van der Waals surface area contributed by atoms with Crippen molar-refractivity contribution in [1.82, 2.24) is 4.98 Å². The molecule has 0 spiro atoms. The number of nitrogen functional groups attached to an aromatic ring is 1. The first-order valence-electron chi connectivity index (χ1n) is 13.9. The number of carbonyl (C=O) groups excluding carboxylic acids is 1. The number of primary amides is 1. The number of unbranched alkanes of at least 4 members (excludes halogenated alkanes) is 1. The molecule has 6 heteroatoms. The van der Waals surface area contributed by atoms with Gasteiger partial charge < -0.3 is 20.7 Å². The third-order valence-corrected chi connectivity index (χ3v) is 7.65. The molecule has 1 amide bonds. The standard InChI is InChI=1S/C33H40N4O2/c1-5-7-16-25-22-24-15-11-12-17-26(24)33(36-25)39-21-20-37(3,4)29(6-2)27-18-19-28(32(35)38)31(34)30(27)23-13-9-8-10-14-23/h8-15,17-19,22,29H,5-7,16,20-21H2,1-4H3,(H3-,34,35,38)/p+1/t29-/m0/s1. The Morgan fingerprint density at radius 2 is 1.72 bits per heavy atom. The summed E-state index contributed by atoms with van der Waals surface area (Å²) in [7, 11) is 4.43. The number of ether oxygens (including phenoxy) is 1. The number of rotatable bonds is 12. The fourth-order valence-electron chi connectivity index (χ4n) is 5.50. The van der Waals surface area contributed by atoms with Crippen LogP contribution in [-0.4, -0.2) is 42.6 Å². The molecule has 0 saturated heterocycles. The van der Waals surface area contributed by atoms with Gasteiger partial charge in [-0.25, -0.2) is 4.98 Å². The Bertz CT molecular complexity index is 1430. The zero-order valence-corrected chi connectivity index (χ0v) is 23.6. The number of nitrogens with zero attached hydrogens (tertiary/aromatic N) is 2. The van der Waals surface area contributed by atoms with E-state index in [9.17, 15) is 4.79 Å². The number of hydrogen-bond acceptors (Lipinski definition) is 4. The summed E-state index contributed by atoms with van der Waals surface area (Å²) in [6.45, 7) is 5.66. The topological polar surface area (TPSA) is 91.2 Å². The highest BCUT2D eigenvalue weighted by molar-refractivity contribution is 6.02. The number of anilines is 1. The van der Waals surface area contributed by atoms with Gasteiger partial charge in [0.25, 0.3) is 5.91 Å². The van der Waals surface area contributed by atoms with E-state index < -0.39 is 5.91 Å². The Balaban J connectivity index is 1.63. The molecule has 0 saturated carbocycles. The first-order valence-corrected chi connectivity index (χ1v) is 13.9. The lowest BCUT2D eigenvalue weighted by Crippen LogP contribution is -2.46. The molecule has 1 atom stereocenters. The van der Waals surface area contributed by atoms with Crippen LogP contribution < -0.4 is 16.2 Å². The molecule has 1 heterocycles. The van der Waals surface area contributed by atoms with Gasteiger partial charge in [0.1, 0.15) is 19.2 Å². The molecular weight excluding hydrogens is 484 g/mol. The maximum absolute atomic E-state index is 12.1. The number of carbonyl (C=O) groups is 1. The van der Waals surface area contributed by atoms with Crippen molar-refractivity contribution in [3.63, 3.8) is 0 Å². The second-order valence-corrected chi connectivity index (χ2v) is 10.7. The van der Waals surface area contributed by atoms with Crippen LogP contribution >= 0.6 is 0 Å². The molecule has 3 aromatic carbocycles. The van der Waals surface area contributed by atoms with Crippen molar-refractivity contribution in [2.45, 2.75) is 45.6 Å². The number of likely N-dealkylation sites (N-methyl/N-ethyl adjacent to an activating group) is 1. The predicted octanol–water partition coefficient (Wildman–Crippen LogP) is 6.53. The monoisotopic (exact) mass is 525 g/mol. The molecule has 0 bridgehead atoms. The Morgan fingerprint density at radius 3 is 2.41 bits per heavy atom. The van der Waals surface area contributed by atoms with Crippen molar-refractivity contribution in [1.29, 1.82) is 0 Å². The van der Waals surface area contributed by atoms with Crippen LogP contribution in [0.25, 0.3) is 21.9 Å². The molecule has 0 radical (unpaired) electrons. The highest BCUT2D eigenvalue weighted by Gasteiger charge is 2.32. The summed E-state index contributed by atoms with van der Waals surface area (Å²) < 4.78 is 7.06. The number of amides is 1. The predicted molar refractivity (Wildman–Crippen MR) is 161 cm³/mol. The smallest absolute Gasteiger partial charge is 0.250 e. The molecule has 0 aliphatic heterocycles. The van der Waals surface area contributed by atoms with Gasteiger partial charge in [-0.1, -0.05) is 74.9 Å². The summed E-state index contributed by atoms with van der Waals surface area (Å²) in [6.07, 6.45) is 4.07. The van der Waals surface area contributed by atoms with Gasteiger partial charge >= 0.3 is 0 Å². The van der Waals surface area contributed by atoms with Gasteiger partial charge in [-0.2, -0.15) is 0 Å². The van der Waals surface area contributed by atoms with Crippen LogP contribution in [0, 0.1) is 0 Å². The van der Waals surface area contributed by atoms with Gasteiger partial charge in [0, 0.05) is 28.6 Å². The number of nitrogens with two attached hydrogens (primary N) is 2. The Morgan fingerprint density at radius 1 is 1.00 bits per heavy atom. The van der Waals surface area contributed by atoms with E-state index in [0.29, 0.717) is 28.2 Å². The van der Waals surface area contributed by atoms with Crippen molar-refractivity contribution in [2.75, 3.05) is 33.0 Å². The number of aromatic nitrogens is 1. The Hall–Kier alpha value is -3.90. The van der Waals surface area contributed by atoms with Crippen molar-refractivity contribution in [3.8, 4) is 17.0 Å². The van der Waals surface area contributed by atoms with E-state index >= 15 is 0 Å². The minimum atomic E-state index is -0.521. The van der Waals surface area contributed by atoms with Crippen LogP contribution in [-0.2, 0) is 6.42 Å². The molecule has 4 aromatic rings. The lowest BCUT2D eigenvalue weighted by atomic mass is 9.88. The SMILES string of the molecule is CCCCc1cc2ccccc2c(OCC[N+](C)(C)[C@@H](CC)c2ccc(C(N)=O)c(N)c2-c2ccccc2)n1. The summed E-state index contributed by atoms with van der Waals surface area (Å²) >= 11 is 0. The van der Waals surface area contributed by atoms with Crippen LogP contribution in [0.5, 0.6) is 5.88 Å². The maximum atomic E-state index is 12.1. The average molecular weight is 526 g/mol. The van der Waals surface area contributed by atoms with Crippen LogP contribution in [0.4, 0.5) is 5.69 Å². The molecule has 4 N–H and O–H groups in total. The Labute approximate surface area is 232 Å². The van der Waals surface area contributed by atoms with Crippen LogP contribution in [0.1, 0.15) is 60.8 Å². The molecule has 1 aromatic heterocycles. The summed E-state index contributed by atoms with van der Waals surface area (Å²) in [5, 5.41) is 2.20. The van der Waals surface area contributed by atoms with Gasteiger partial charge in [0.2, 0.25) is 5.88 Å². The maximum Gasteiger partial charge on any atom is 0.250 e. The molecular formula is C33H41N4O2+. The number of aryl methyl sites for hydroxylation is 1. The molecule has 39 heavy (non-hydrogen) atoms. The summed E-state index contributed by atoms with van der Waals surface area (Å²) in [5.41, 5.74) is 17.1. The number of pyridine rings is 1. The van der Waals surface area contributed by atoms with Gasteiger partial charge in [-0.05, 0) is 42.0 Å². The van der Waals surface area contributed by atoms with Crippen molar-refractivity contribution >= 4 is 22.4 Å². The van der Waals surface area contributed by atoms with E-state index in [-0.39, 0.29) is 6.04 Å². The van der Waals surface area contributed by atoms with Crippen molar-refractivity contribution in [2.24, 2.45) is 5.73 Å². The fraction of sp³-hybridized carbons (Fsp3) is 0.333. The average Bonchev–Trinajstić information content (AvgIpc) is 2.92. The number of hydrogen-bond donors (Lipinski definition) is 2.